The van der Waals surface area contributed by atoms with Crippen LogP contribution in [-0.4, -0.2) is 26.4 Å². The molecular formula is C12H13N3O4S2. The first-order valence-corrected chi connectivity index (χ1v) is 8.19. The first-order valence-electron chi connectivity index (χ1n) is 5.89. The van der Waals surface area contributed by atoms with Crippen LogP contribution >= 0.6 is 11.3 Å². The molecule has 112 valence electrons. The second-order valence-electron chi connectivity index (χ2n) is 4.16. The van der Waals surface area contributed by atoms with E-state index in [-0.39, 0.29) is 21.2 Å². The quantitative estimate of drug-likeness (QED) is 0.775. The average molecular weight is 327 g/mol. The van der Waals surface area contributed by atoms with Gasteiger partial charge >= 0.3 is 4.87 Å². The highest BCUT2D eigenvalue weighted by atomic mass is 32.2. The highest BCUT2D eigenvalue weighted by Crippen LogP contribution is 2.22. The van der Waals surface area contributed by atoms with Crippen LogP contribution in [0.2, 0.25) is 0 Å². The third-order valence-electron chi connectivity index (χ3n) is 2.67. The Morgan fingerprint density at radius 1 is 1.29 bits per heavy atom. The second kappa shape index (κ2) is 5.70. The van der Waals surface area contributed by atoms with E-state index in [2.05, 4.69) is 15.0 Å². The number of rotatable bonds is 4. The van der Waals surface area contributed by atoms with E-state index >= 15 is 0 Å². The molecule has 0 atom stereocenters. The molecule has 7 nitrogen and oxygen atoms in total. The average Bonchev–Trinajstić information content (AvgIpc) is 2.78. The molecule has 1 amide bonds. The van der Waals surface area contributed by atoms with Crippen molar-refractivity contribution in [3.05, 3.63) is 45.2 Å². The van der Waals surface area contributed by atoms with Gasteiger partial charge in [-0.2, -0.15) is 0 Å². The molecule has 0 saturated carbocycles. The first-order chi connectivity index (χ1) is 9.85. The van der Waals surface area contributed by atoms with Crippen molar-refractivity contribution in [3.8, 4) is 0 Å². The standard InChI is InChI=1S/C12H13N3O4S2/c1-7-11(20-12(17)14-7)21(18,19)15-9-6-4-3-5-8(9)10(16)13-2/h3-6,15H,1-2H3,(H,13,16)(H,14,17). The summed E-state index contributed by atoms with van der Waals surface area (Å²) in [7, 11) is -2.48. The van der Waals surface area contributed by atoms with Gasteiger partial charge in [0.25, 0.3) is 15.9 Å². The molecule has 1 aromatic heterocycles. The maximum atomic E-state index is 12.3. The minimum Gasteiger partial charge on any atom is -0.355 e. The molecule has 0 radical (unpaired) electrons. The van der Waals surface area contributed by atoms with Crippen molar-refractivity contribution >= 4 is 33.0 Å². The van der Waals surface area contributed by atoms with Crippen LogP contribution in [0.4, 0.5) is 5.69 Å². The minimum absolute atomic E-state index is 0.0980. The number of hydrogen-bond acceptors (Lipinski definition) is 5. The van der Waals surface area contributed by atoms with E-state index in [4.69, 9.17) is 0 Å². The molecule has 3 N–H and O–H groups in total. The summed E-state index contributed by atoms with van der Waals surface area (Å²) in [6.07, 6.45) is 0. The zero-order valence-electron chi connectivity index (χ0n) is 11.3. The molecule has 1 aromatic carbocycles. The number of H-pyrrole nitrogens is 1. The number of nitrogens with one attached hydrogen (secondary N) is 3. The number of sulfonamides is 1. The van der Waals surface area contributed by atoms with Gasteiger partial charge in [0, 0.05) is 12.7 Å². The van der Waals surface area contributed by atoms with Crippen LogP contribution in [-0.2, 0) is 10.0 Å². The van der Waals surface area contributed by atoms with Gasteiger partial charge in [0.1, 0.15) is 0 Å². The van der Waals surface area contributed by atoms with E-state index in [1.807, 2.05) is 0 Å². The van der Waals surface area contributed by atoms with Gasteiger partial charge in [-0.15, -0.1) is 0 Å². The molecule has 2 rings (SSSR count). The number of aromatic amines is 1. The number of hydrogen-bond donors (Lipinski definition) is 3. The fourth-order valence-corrected chi connectivity index (χ4v) is 4.12. The van der Waals surface area contributed by atoms with E-state index in [1.165, 1.54) is 26.1 Å². The van der Waals surface area contributed by atoms with E-state index in [9.17, 15) is 18.0 Å². The van der Waals surface area contributed by atoms with Gasteiger partial charge in [-0.1, -0.05) is 23.5 Å². The lowest BCUT2D eigenvalue weighted by molar-refractivity contribution is 0.0964. The topological polar surface area (TPSA) is 108 Å². The van der Waals surface area contributed by atoms with E-state index < -0.39 is 20.8 Å². The van der Waals surface area contributed by atoms with Gasteiger partial charge in [0.15, 0.2) is 4.21 Å². The number of aryl methyl sites for hydroxylation is 1. The maximum Gasteiger partial charge on any atom is 0.306 e. The summed E-state index contributed by atoms with van der Waals surface area (Å²) >= 11 is 0.598. The summed E-state index contributed by atoms with van der Waals surface area (Å²) < 4.78 is 26.9. The van der Waals surface area contributed by atoms with Crippen molar-refractivity contribution in [2.24, 2.45) is 0 Å². The van der Waals surface area contributed by atoms with Crippen molar-refractivity contribution < 1.29 is 13.2 Å². The summed E-state index contributed by atoms with van der Waals surface area (Å²) in [5.41, 5.74) is 0.608. The number of thiazole rings is 1. The molecule has 0 spiro atoms. The zero-order valence-corrected chi connectivity index (χ0v) is 12.9. The Morgan fingerprint density at radius 2 is 1.95 bits per heavy atom. The second-order valence-corrected chi connectivity index (χ2v) is 7.02. The Labute approximate surface area is 125 Å². The normalized spacial score (nSPS) is 11.1. The minimum atomic E-state index is -3.93. The van der Waals surface area contributed by atoms with Crippen LogP contribution < -0.4 is 14.9 Å². The smallest absolute Gasteiger partial charge is 0.306 e. The van der Waals surface area contributed by atoms with Gasteiger partial charge in [0.05, 0.1) is 11.3 Å². The Balaban J connectivity index is 2.45. The fraction of sp³-hybridized carbons (Fsp3) is 0.167. The van der Waals surface area contributed by atoms with Crippen LogP contribution in [0.3, 0.4) is 0 Å². The van der Waals surface area contributed by atoms with Crippen LogP contribution in [0, 0.1) is 6.92 Å². The number of benzene rings is 1. The van der Waals surface area contributed by atoms with Gasteiger partial charge in [0.2, 0.25) is 0 Å². The number of para-hydroxylation sites is 1. The molecule has 0 aliphatic carbocycles. The number of anilines is 1. The Bertz CT molecular complexity index is 836. The van der Waals surface area contributed by atoms with Crippen molar-refractivity contribution in [2.45, 2.75) is 11.1 Å². The third kappa shape index (κ3) is 3.14. The fourth-order valence-electron chi connectivity index (χ4n) is 1.74. The van der Waals surface area contributed by atoms with E-state index in [0.717, 1.165) is 0 Å². The summed E-state index contributed by atoms with van der Waals surface area (Å²) in [6, 6.07) is 6.22. The number of carbonyl (C=O) groups is 1. The van der Waals surface area contributed by atoms with Gasteiger partial charge < -0.3 is 10.3 Å². The van der Waals surface area contributed by atoms with Crippen molar-refractivity contribution in [1.29, 1.82) is 0 Å². The SMILES string of the molecule is CNC(=O)c1ccccc1NS(=O)(=O)c1sc(=O)[nH]c1C. The van der Waals surface area contributed by atoms with E-state index in [1.54, 1.807) is 12.1 Å². The number of amides is 1. The molecular weight excluding hydrogens is 314 g/mol. The lowest BCUT2D eigenvalue weighted by Gasteiger charge is -2.10. The summed E-state index contributed by atoms with van der Waals surface area (Å²) in [5, 5.41) is 2.44. The monoisotopic (exact) mass is 327 g/mol. The third-order valence-corrected chi connectivity index (χ3v) is 5.64. The molecule has 0 unspecified atom stereocenters. The lowest BCUT2D eigenvalue weighted by atomic mass is 10.2. The molecule has 0 fully saturated rings. The van der Waals surface area contributed by atoms with Crippen molar-refractivity contribution in [1.82, 2.24) is 10.3 Å². The summed E-state index contributed by atoms with van der Waals surface area (Å²) in [4.78, 5) is 24.9. The lowest BCUT2D eigenvalue weighted by Crippen LogP contribution is -2.21. The maximum absolute atomic E-state index is 12.3. The van der Waals surface area contributed by atoms with Crippen LogP contribution in [0.15, 0.2) is 33.3 Å². The Morgan fingerprint density at radius 3 is 2.52 bits per heavy atom. The van der Waals surface area contributed by atoms with Gasteiger partial charge in [-0.25, -0.2) is 8.42 Å². The van der Waals surface area contributed by atoms with Gasteiger partial charge in [-0.3, -0.25) is 14.3 Å². The Kier molecular flexibility index (Phi) is 4.14. The molecule has 21 heavy (non-hydrogen) atoms. The van der Waals surface area contributed by atoms with Gasteiger partial charge in [-0.05, 0) is 19.1 Å². The van der Waals surface area contributed by atoms with E-state index in [0.29, 0.717) is 11.3 Å². The largest absolute Gasteiger partial charge is 0.355 e. The number of carbonyl (C=O) groups excluding carboxylic acids is 1. The van der Waals surface area contributed by atoms with Crippen LogP contribution in [0.25, 0.3) is 0 Å². The van der Waals surface area contributed by atoms with Crippen LogP contribution in [0.1, 0.15) is 16.1 Å². The zero-order chi connectivity index (χ0) is 15.6. The molecule has 2 aromatic rings. The summed E-state index contributed by atoms with van der Waals surface area (Å²) in [5.74, 6) is -0.410. The summed E-state index contributed by atoms with van der Waals surface area (Å²) in [6.45, 7) is 1.50. The van der Waals surface area contributed by atoms with Crippen LogP contribution in [0.5, 0.6) is 0 Å². The first kappa shape index (κ1) is 15.3. The molecule has 0 aliphatic rings. The predicted molar refractivity (Wildman–Crippen MR) is 80.3 cm³/mol. The number of aromatic nitrogens is 1. The molecule has 0 aliphatic heterocycles. The predicted octanol–water partition coefficient (Wildman–Crippen LogP) is 0.905. The van der Waals surface area contributed by atoms with Crippen molar-refractivity contribution in [3.63, 3.8) is 0 Å². The molecule has 1 heterocycles. The highest BCUT2D eigenvalue weighted by molar-refractivity contribution is 7.94. The molecule has 0 saturated heterocycles. The molecule has 9 heteroatoms. The molecule has 0 bridgehead atoms. The highest BCUT2D eigenvalue weighted by Gasteiger charge is 2.22. The van der Waals surface area contributed by atoms with Crippen molar-refractivity contribution in [2.75, 3.05) is 11.8 Å². The Hall–Kier alpha value is -2.13.